The highest BCUT2D eigenvalue weighted by Gasteiger charge is 2.18. The third-order valence-electron chi connectivity index (χ3n) is 5.14. The smallest absolute Gasteiger partial charge is 0.349 e. The summed E-state index contributed by atoms with van der Waals surface area (Å²) in [6.45, 7) is 7.68. The summed E-state index contributed by atoms with van der Waals surface area (Å²) >= 11 is 0. The van der Waals surface area contributed by atoms with E-state index < -0.39 is 17.8 Å². The molecular weight excluding hydrogens is 447 g/mol. The Bertz CT molecular complexity index is 1060. The molecular formula is C28H31FN2O4. The molecule has 0 aromatic heterocycles. The van der Waals surface area contributed by atoms with Crippen molar-refractivity contribution in [3.8, 4) is 6.07 Å². The molecule has 0 bridgehead atoms. The molecule has 0 fully saturated rings. The molecule has 0 spiro atoms. The van der Waals surface area contributed by atoms with Crippen LogP contribution in [0.3, 0.4) is 0 Å². The second-order valence-corrected chi connectivity index (χ2v) is 8.03. The molecule has 0 saturated carbocycles. The first kappa shape index (κ1) is 27.3. The molecule has 0 amide bonds. The van der Waals surface area contributed by atoms with Crippen LogP contribution in [0.1, 0.15) is 45.1 Å². The zero-order valence-electron chi connectivity index (χ0n) is 20.3. The van der Waals surface area contributed by atoms with E-state index in [9.17, 15) is 19.2 Å². The summed E-state index contributed by atoms with van der Waals surface area (Å²) in [4.78, 5) is 26.2. The van der Waals surface area contributed by atoms with Gasteiger partial charge in [-0.15, -0.1) is 0 Å². The molecule has 0 saturated heterocycles. The van der Waals surface area contributed by atoms with Crippen molar-refractivity contribution in [3.63, 3.8) is 0 Å². The minimum atomic E-state index is -0.864. The summed E-state index contributed by atoms with van der Waals surface area (Å²) in [5.74, 6) is -1.89. The van der Waals surface area contributed by atoms with Gasteiger partial charge in [-0.25, -0.2) is 14.0 Å². The van der Waals surface area contributed by atoms with Crippen molar-refractivity contribution >= 4 is 17.5 Å². The van der Waals surface area contributed by atoms with E-state index in [1.54, 1.807) is 6.08 Å². The predicted molar refractivity (Wildman–Crippen MR) is 133 cm³/mol. The fourth-order valence-corrected chi connectivity index (χ4v) is 3.21. The largest absolute Gasteiger partial charge is 0.459 e. The Morgan fingerprint density at radius 1 is 1.06 bits per heavy atom. The molecule has 0 radical (unpaired) electrons. The Hall–Kier alpha value is -3.92. The normalized spacial score (nSPS) is 13.1. The Morgan fingerprint density at radius 3 is 2.26 bits per heavy atom. The second-order valence-electron chi connectivity index (χ2n) is 8.03. The van der Waals surface area contributed by atoms with Crippen LogP contribution in [0.25, 0.3) is 5.57 Å². The average molecular weight is 479 g/mol. The number of benzene rings is 1. The highest BCUT2D eigenvalue weighted by Crippen LogP contribution is 2.25. The van der Waals surface area contributed by atoms with E-state index in [2.05, 4.69) is 18.4 Å². The van der Waals surface area contributed by atoms with Gasteiger partial charge in [-0.1, -0.05) is 44.9 Å². The zero-order chi connectivity index (χ0) is 25.6. The van der Waals surface area contributed by atoms with E-state index >= 15 is 0 Å². The van der Waals surface area contributed by atoms with Crippen molar-refractivity contribution in [2.24, 2.45) is 0 Å². The van der Waals surface area contributed by atoms with Crippen molar-refractivity contribution in [2.45, 2.75) is 39.5 Å². The number of allylic oxidation sites excluding steroid dienone is 5. The lowest BCUT2D eigenvalue weighted by Gasteiger charge is -2.19. The van der Waals surface area contributed by atoms with E-state index in [4.69, 9.17) is 9.47 Å². The van der Waals surface area contributed by atoms with Gasteiger partial charge in [0.2, 0.25) is 0 Å². The number of hydrogen-bond acceptors (Lipinski definition) is 6. The van der Waals surface area contributed by atoms with Crippen LogP contribution in [0.2, 0.25) is 0 Å². The van der Waals surface area contributed by atoms with Gasteiger partial charge in [0.15, 0.2) is 0 Å². The van der Waals surface area contributed by atoms with E-state index in [0.29, 0.717) is 11.1 Å². The van der Waals surface area contributed by atoms with E-state index in [0.717, 1.165) is 18.5 Å². The number of esters is 2. The first-order chi connectivity index (χ1) is 16.8. The number of carbonyl (C=O) groups is 2. The number of unbranched alkanes of at least 4 members (excludes halogenated alkanes) is 3. The maximum absolute atomic E-state index is 13.5. The number of rotatable bonds is 12. The van der Waals surface area contributed by atoms with Gasteiger partial charge in [0.1, 0.15) is 30.7 Å². The molecule has 35 heavy (non-hydrogen) atoms. The lowest BCUT2D eigenvalue weighted by Crippen LogP contribution is -2.16. The van der Waals surface area contributed by atoms with Gasteiger partial charge in [0, 0.05) is 30.1 Å². The van der Waals surface area contributed by atoms with Gasteiger partial charge in [-0.3, -0.25) is 0 Å². The molecule has 7 heteroatoms. The molecule has 184 valence electrons. The molecule has 1 heterocycles. The van der Waals surface area contributed by atoms with Gasteiger partial charge in [-0.05, 0) is 54.8 Å². The lowest BCUT2D eigenvalue weighted by atomic mass is 9.97. The molecule has 6 nitrogen and oxygen atoms in total. The number of nitrogens with zero attached hydrogens (tertiary/aromatic N) is 2. The van der Waals surface area contributed by atoms with Crippen molar-refractivity contribution in [1.82, 2.24) is 4.90 Å². The molecule has 0 unspecified atom stereocenters. The Kier molecular flexibility index (Phi) is 11.2. The van der Waals surface area contributed by atoms with Crippen molar-refractivity contribution in [2.75, 3.05) is 19.8 Å². The average Bonchev–Trinajstić information content (AvgIpc) is 2.85. The fourth-order valence-electron chi connectivity index (χ4n) is 3.21. The minimum absolute atomic E-state index is 0.164. The third kappa shape index (κ3) is 9.09. The SMILES string of the molecule is C=C(C)C(=O)OCCOC(=O)/C(C#N)=C(/C=C1C=CN(CCCCCC)C=C1)c1ccc(F)cc1. The Labute approximate surface area is 206 Å². The maximum Gasteiger partial charge on any atom is 0.349 e. The summed E-state index contributed by atoms with van der Waals surface area (Å²) in [6.07, 6.45) is 14.0. The Morgan fingerprint density at radius 2 is 1.69 bits per heavy atom. The van der Waals surface area contributed by atoms with Crippen LogP contribution in [0.4, 0.5) is 4.39 Å². The number of halogens is 1. The van der Waals surface area contributed by atoms with Gasteiger partial charge in [0.25, 0.3) is 0 Å². The first-order valence-electron chi connectivity index (χ1n) is 11.6. The lowest BCUT2D eigenvalue weighted by molar-refractivity contribution is -0.147. The highest BCUT2D eigenvalue weighted by molar-refractivity contribution is 6.04. The predicted octanol–water partition coefficient (Wildman–Crippen LogP) is 5.62. The van der Waals surface area contributed by atoms with Crippen molar-refractivity contribution < 1.29 is 23.5 Å². The van der Waals surface area contributed by atoms with Crippen LogP contribution in [-0.4, -0.2) is 36.6 Å². The van der Waals surface area contributed by atoms with Crippen LogP contribution >= 0.6 is 0 Å². The van der Waals surface area contributed by atoms with Crippen LogP contribution in [-0.2, 0) is 19.1 Å². The number of hydrogen-bond donors (Lipinski definition) is 0. The van der Waals surface area contributed by atoms with Crippen LogP contribution < -0.4 is 0 Å². The quantitative estimate of drug-likeness (QED) is 0.168. The number of carbonyl (C=O) groups excluding carboxylic acids is 2. The maximum atomic E-state index is 13.5. The van der Waals surface area contributed by atoms with Gasteiger partial charge in [0.05, 0.1) is 0 Å². The zero-order valence-corrected chi connectivity index (χ0v) is 20.3. The number of nitriles is 1. The summed E-state index contributed by atoms with van der Waals surface area (Å²) < 4.78 is 23.6. The molecule has 0 atom stereocenters. The van der Waals surface area contributed by atoms with Gasteiger partial charge in [-0.2, -0.15) is 5.26 Å². The van der Waals surface area contributed by atoms with E-state index in [1.807, 2.05) is 30.6 Å². The topological polar surface area (TPSA) is 79.6 Å². The van der Waals surface area contributed by atoms with Crippen molar-refractivity contribution in [1.29, 1.82) is 5.26 Å². The molecule has 1 aromatic carbocycles. The van der Waals surface area contributed by atoms with Crippen LogP contribution in [0, 0.1) is 17.1 Å². The third-order valence-corrected chi connectivity index (χ3v) is 5.14. The van der Waals surface area contributed by atoms with E-state index in [1.165, 1.54) is 50.5 Å². The summed E-state index contributed by atoms with van der Waals surface area (Å²) in [5, 5.41) is 9.76. The summed E-state index contributed by atoms with van der Waals surface area (Å²) in [6, 6.07) is 7.42. The Balaban J connectivity index is 2.22. The van der Waals surface area contributed by atoms with Crippen molar-refractivity contribution in [3.05, 3.63) is 89.6 Å². The van der Waals surface area contributed by atoms with Gasteiger partial charge < -0.3 is 14.4 Å². The molecule has 0 aliphatic carbocycles. The summed E-state index contributed by atoms with van der Waals surface area (Å²) in [5.41, 5.74) is 1.55. The molecule has 2 rings (SSSR count). The van der Waals surface area contributed by atoms with Gasteiger partial charge >= 0.3 is 11.9 Å². The van der Waals surface area contributed by atoms with Crippen LogP contribution in [0.15, 0.2) is 78.2 Å². The van der Waals surface area contributed by atoms with E-state index in [-0.39, 0.29) is 24.4 Å². The standard InChI is InChI=1S/C28H31FN2O4/c1-4-5-6-7-14-31-15-12-22(13-16-31)19-25(23-8-10-24(29)11-9-23)26(20-30)28(33)35-18-17-34-27(32)21(2)3/h8-13,15-16,19H,2,4-7,14,17-18H2,1,3H3/b26-25-. The molecule has 1 aliphatic heterocycles. The molecule has 0 N–H and O–H groups in total. The summed E-state index contributed by atoms with van der Waals surface area (Å²) in [7, 11) is 0. The number of ether oxygens (including phenoxy) is 2. The molecule has 1 aromatic rings. The fraction of sp³-hybridized carbons (Fsp3) is 0.321. The highest BCUT2D eigenvalue weighted by atomic mass is 19.1. The second kappa shape index (κ2) is 14.4. The van der Waals surface area contributed by atoms with Crippen LogP contribution in [0.5, 0.6) is 0 Å². The monoisotopic (exact) mass is 478 g/mol. The molecule has 1 aliphatic rings. The first-order valence-corrected chi connectivity index (χ1v) is 11.6. The minimum Gasteiger partial charge on any atom is -0.459 e.